The van der Waals surface area contributed by atoms with Gasteiger partial charge >= 0.3 is 5.97 Å². The van der Waals surface area contributed by atoms with Crippen LogP contribution in [0.5, 0.6) is 0 Å². The lowest BCUT2D eigenvalue weighted by Gasteiger charge is -2.35. The van der Waals surface area contributed by atoms with E-state index in [2.05, 4.69) is 16.3 Å². The summed E-state index contributed by atoms with van der Waals surface area (Å²) in [7, 11) is 0. The first-order valence-corrected chi connectivity index (χ1v) is 11.3. The zero-order chi connectivity index (χ0) is 22.7. The molecule has 33 heavy (non-hydrogen) atoms. The molecule has 0 amide bonds. The van der Waals surface area contributed by atoms with E-state index in [1.807, 2.05) is 10.6 Å². The van der Waals surface area contributed by atoms with Gasteiger partial charge in [-0.2, -0.15) is 5.10 Å². The molecular weight excluding hydrogens is 428 g/mol. The van der Waals surface area contributed by atoms with E-state index < -0.39 is 17.6 Å². The smallest absolute Gasteiger partial charge is 0.306 e. The van der Waals surface area contributed by atoms with Gasteiger partial charge in [0, 0.05) is 47.4 Å². The summed E-state index contributed by atoms with van der Waals surface area (Å²) >= 11 is 0. The number of aromatic amines is 1. The van der Waals surface area contributed by atoms with Gasteiger partial charge in [0.1, 0.15) is 0 Å². The molecule has 0 unspecified atom stereocenters. The summed E-state index contributed by atoms with van der Waals surface area (Å²) in [6.45, 7) is 1.27. The summed E-state index contributed by atoms with van der Waals surface area (Å²) in [6.07, 6.45) is 4.53. The van der Waals surface area contributed by atoms with Crippen molar-refractivity contribution in [2.75, 3.05) is 13.2 Å². The minimum absolute atomic E-state index is 0.0957. The molecule has 2 N–H and O–H groups in total. The van der Waals surface area contributed by atoms with Crippen LogP contribution in [0.2, 0.25) is 0 Å². The quantitative estimate of drug-likeness (QED) is 0.444. The Morgan fingerprint density at radius 3 is 2.61 bits per heavy atom. The Balaban J connectivity index is 1.65. The van der Waals surface area contributed by atoms with Crippen LogP contribution in [0.3, 0.4) is 0 Å². The average molecular weight is 451 g/mol. The first-order valence-electron chi connectivity index (χ1n) is 11.3. The highest BCUT2D eigenvalue weighted by molar-refractivity contribution is 5.99. The molecule has 0 atom stereocenters. The molecule has 1 aliphatic carbocycles. The molecule has 1 saturated heterocycles. The van der Waals surface area contributed by atoms with Crippen LogP contribution in [-0.4, -0.2) is 39.1 Å². The van der Waals surface area contributed by atoms with Crippen molar-refractivity contribution < 1.29 is 23.4 Å². The van der Waals surface area contributed by atoms with Gasteiger partial charge in [-0.1, -0.05) is 0 Å². The number of hydrogen-bond acceptors (Lipinski definition) is 3. The summed E-state index contributed by atoms with van der Waals surface area (Å²) in [4.78, 5) is 11.5. The fourth-order valence-electron chi connectivity index (χ4n) is 5.53. The molecular formula is C25H23F2N3O3. The number of nitrogens with zero attached hydrogens (tertiary/aromatic N) is 2. The molecule has 170 valence electrons. The second-order valence-corrected chi connectivity index (χ2v) is 9.15. The van der Waals surface area contributed by atoms with Crippen LogP contribution in [0.15, 0.2) is 36.5 Å². The van der Waals surface area contributed by atoms with E-state index in [1.165, 1.54) is 6.07 Å². The van der Waals surface area contributed by atoms with Crippen LogP contribution in [0.4, 0.5) is 8.78 Å². The van der Waals surface area contributed by atoms with Crippen LogP contribution >= 0.6 is 0 Å². The van der Waals surface area contributed by atoms with Crippen molar-refractivity contribution in [2.24, 2.45) is 5.92 Å². The number of hydrogen-bond donors (Lipinski definition) is 2. The SMILES string of the molecule is O=C(O)[C@H]1C[C@H](c2c(C3CCOCC3)n(-c3ccc(F)c(F)c3)c3cc4cn[nH]c4cc32)C1. The Bertz CT molecular complexity index is 1380. The van der Waals surface area contributed by atoms with E-state index >= 15 is 0 Å². The van der Waals surface area contributed by atoms with Gasteiger partial charge < -0.3 is 14.4 Å². The Hall–Kier alpha value is -3.26. The van der Waals surface area contributed by atoms with Crippen molar-refractivity contribution in [1.29, 1.82) is 0 Å². The summed E-state index contributed by atoms with van der Waals surface area (Å²) in [6, 6.07) is 8.08. The van der Waals surface area contributed by atoms with E-state index in [4.69, 9.17) is 4.74 Å². The third-order valence-electron chi connectivity index (χ3n) is 7.27. The molecule has 4 aromatic rings. The Kier molecular flexibility index (Phi) is 4.72. The number of H-pyrrole nitrogens is 1. The molecule has 0 bridgehead atoms. The lowest BCUT2D eigenvalue weighted by atomic mass is 9.69. The van der Waals surface area contributed by atoms with Gasteiger partial charge in [-0.05, 0) is 61.4 Å². The number of aliphatic carboxylic acids is 1. The normalized spacial score (nSPS) is 21.5. The summed E-state index contributed by atoms with van der Waals surface area (Å²) in [5, 5.41) is 18.6. The predicted octanol–water partition coefficient (Wildman–Crippen LogP) is 5.26. The zero-order valence-corrected chi connectivity index (χ0v) is 17.9. The molecule has 0 radical (unpaired) electrons. The molecule has 0 spiro atoms. The third-order valence-corrected chi connectivity index (χ3v) is 7.27. The summed E-state index contributed by atoms with van der Waals surface area (Å²) in [5.74, 6) is -2.63. The van der Waals surface area contributed by atoms with E-state index in [1.54, 1.807) is 12.3 Å². The maximum atomic E-state index is 14.3. The van der Waals surface area contributed by atoms with Gasteiger partial charge in [-0.3, -0.25) is 9.89 Å². The highest BCUT2D eigenvalue weighted by Crippen LogP contribution is 2.50. The number of aromatic nitrogens is 3. The molecule has 2 aliphatic rings. The number of ether oxygens (including phenoxy) is 1. The van der Waals surface area contributed by atoms with Crippen molar-refractivity contribution in [3.8, 4) is 5.69 Å². The summed E-state index contributed by atoms with van der Waals surface area (Å²) in [5.41, 5.74) is 4.52. The molecule has 1 saturated carbocycles. The standard InChI is InChI=1S/C25H23F2N3O3/c26-19-2-1-17(10-20(19)27)30-22-9-16-12-28-29-21(16)11-18(22)23(14-7-15(8-14)25(31)32)24(30)13-3-5-33-6-4-13/h1-2,9-15H,3-8H2,(H,28,29)(H,31,32)/t14-,15-. The van der Waals surface area contributed by atoms with Gasteiger partial charge in [0.05, 0.1) is 23.1 Å². The number of benzene rings is 2. The number of carboxylic acids is 1. The van der Waals surface area contributed by atoms with E-state index in [-0.39, 0.29) is 17.8 Å². The largest absolute Gasteiger partial charge is 0.481 e. The van der Waals surface area contributed by atoms with Crippen LogP contribution < -0.4 is 0 Å². The first-order chi connectivity index (χ1) is 16.0. The number of fused-ring (bicyclic) bond motifs is 2. The predicted molar refractivity (Wildman–Crippen MR) is 119 cm³/mol. The van der Waals surface area contributed by atoms with Gasteiger partial charge in [0.2, 0.25) is 0 Å². The highest BCUT2D eigenvalue weighted by Gasteiger charge is 2.40. The topological polar surface area (TPSA) is 80.1 Å². The fraction of sp³-hybridized carbons (Fsp3) is 0.360. The van der Waals surface area contributed by atoms with E-state index in [0.29, 0.717) is 31.7 Å². The number of rotatable bonds is 4. The molecule has 8 heteroatoms. The van der Waals surface area contributed by atoms with Gasteiger partial charge in [0.15, 0.2) is 11.6 Å². The van der Waals surface area contributed by atoms with Gasteiger partial charge in [-0.15, -0.1) is 0 Å². The Morgan fingerprint density at radius 1 is 1.09 bits per heavy atom. The van der Waals surface area contributed by atoms with Crippen LogP contribution in [0, 0.1) is 17.6 Å². The molecule has 6 nitrogen and oxygen atoms in total. The second-order valence-electron chi connectivity index (χ2n) is 9.15. The minimum atomic E-state index is -0.896. The van der Waals surface area contributed by atoms with Crippen LogP contribution in [0.1, 0.15) is 48.8 Å². The monoisotopic (exact) mass is 451 g/mol. The molecule has 3 heterocycles. The minimum Gasteiger partial charge on any atom is -0.481 e. The van der Waals surface area contributed by atoms with E-state index in [0.717, 1.165) is 52.0 Å². The maximum Gasteiger partial charge on any atom is 0.306 e. The van der Waals surface area contributed by atoms with Crippen LogP contribution in [-0.2, 0) is 9.53 Å². The number of carbonyl (C=O) groups is 1. The maximum absolute atomic E-state index is 14.3. The molecule has 6 rings (SSSR count). The second kappa shape index (κ2) is 7.66. The van der Waals surface area contributed by atoms with Gasteiger partial charge in [-0.25, -0.2) is 8.78 Å². The van der Waals surface area contributed by atoms with E-state index in [9.17, 15) is 18.7 Å². The van der Waals surface area contributed by atoms with Crippen molar-refractivity contribution in [2.45, 2.75) is 37.5 Å². The van der Waals surface area contributed by atoms with Crippen LogP contribution in [0.25, 0.3) is 27.5 Å². The molecule has 2 aromatic heterocycles. The fourth-order valence-corrected chi connectivity index (χ4v) is 5.53. The first kappa shape index (κ1) is 20.4. The highest BCUT2D eigenvalue weighted by atomic mass is 19.2. The van der Waals surface area contributed by atoms with Crippen molar-refractivity contribution in [3.63, 3.8) is 0 Å². The number of halogens is 2. The molecule has 2 fully saturated rings. The Labute approximate surface area is 188 Å². The van der Waals surface area contributed by atoms with Gasteiger partial charge in [0.25, 0.3) is 0 Å². The lowest BCUT2D eigenvalue weighted by Crippen LogP contribution is -2.30. The third kappa shape index (κ3) is 3.23. The lowest BCUT2D eigenvalue weighted by molar-refractivity contribution is -0.145. The van der Waals surface area contributed by atoms with Crippen molar-refractivity contribution in [1.82, 2.24) is 14.8 Å². The average Bonchev–Trinajstić information content (AvgIpc) is 3.36. The Morgan fingerprint density at radius 2 is 1.88 bits per heavy atom. The zero-order valence-electron chi connectivity index (χ0n) is 17.9. The summed E-state index contributed by atoms with van der Waals surface area (Å²) < 4.78 is 35.8. The van der Waals surface area contributed by atoms with Crippen molar-refractivity contribution >= 4 is 27.8 Å². The number of nitrogens with one attached hydrogen (secondary N) is 1. The number of carboxylic acid groups (broad SMARTS) is 1. The molecule has 2 aromatic carbocycles. The van der Waals surface area contributed by atoms with Crippen molar-refractivity contribution in [3.05, 3.63) is 59.4 Å². The molecule has 1 aliphatic heterocycles.